The zero-order valence-corrected chi connectivity index (χ0v) is 14.6. The van der Waals surface area contributed by atoms with E-state index < -0.39 is 6.04 Å². The SMILES string of the molecule is N[C@@H](COc1ccc(Cl)cc1Cl)C(=O)NCc1nc2ccccc2[nH]1. The molecule has 0 fully saturated rings. The van der Waals surface area contributed by atoms with Crippen LogP contribution < -0.4 is 15.8 Å². The zero-order valence-electron chi connectivity index (χ0n) is 13.1. The minimum absolute atomic E-state index is 0.00663. The number of aromatic amines is 1. The monoisotopic (exact) mass is 378 g/mol. The fourth-order valence-electron chi connectivity index (χ4n) is 2.24. The molecule has 0 aliphatic carbocycles. The van der Waals surface area contributed by atoms with Crippen LogP contribution in [0.2, 0.25) is 10.0 Å². The van der Waals surface area contributed by atoms with Crippen molar-refractivity contribution in [3.63, 3.8) is 0 Å². The number of nitrogens with zero attached hydrogens (tertiary/aromatic N) is 1. The Kier molecular flexibility index (Phi) is 5.43. The highest BCUT2D eigenvalue weighted by Crippen LogP contribution is 2.27. The molecule has 25 heavy (non-hydrogen) atoms. The second kappa shape index (κ2) is 7.74. The predicted octanol–water partition coefficient (Wildman–Crippen LogP) is 2.89. The summed E-state index contributed by atoms with van der Waals surface area (Å²) in [7, 11) is 0. The molecule has 3 aromatic rings. The first kappa shape index (κ1) is 17.5. The second-order valence-electron chi connectivity index (χ2n) is 5.41. The number of benzene rings is 2. The molecule has 0 spiro atoms. The van der Waals surface area contributed by atoms with Gasteiger partial charge < -0.3 is 20.8 Å². The average molecular weight is 379 g/mol. The molecule has 2 aromatic carbocycles. The van der Waals surface area contributed by atoms with Gasteiger partial charge in [0.15, 0.2) is 0 Å². The Labute approximate surface area is 154 Å². The lowest BCUT2D eigenvalue weighted by Crippen LogP contribution is -2.44. The van der Waals surface area contributed by atoms with Crippen molar-refractivity contribution in [2.24, 2.45) is 5.73 Å². The van der Waals surface area contributed by atoms with Crippen molar-refractivity contribution in [1.29, 1.82) is 0 Å². The number of ether oxygens (including phenoxy) is 1. The van der Waals surface area contributed by atoms with Crippen molar-refractivity contribution in [3.05, 3.63) is 58.3 Å². The normalized spacial score (nSPS) is 12.1. The third kappa shape index (κ3) is 4.42. The molecular formula is C17H16Cl2N4O2. The molecule has 0 saturated heterocycles. The van der Waals surface area contributed by atoms with Gasteiger partial charge in [-0.05, 0) is 30.3 Å². The first-order valence-corrected chi connectivity index (χ1v) is 8.33. The number of amides is 1. The molecule has 1 amide bonds. The summed E-state index contributed by atoms with van der Waals surface area (Å²) in [5, 5.41) is 3.60. The van der Waals surface area contributed by atoms with Crippen molar-refractivity contribution in [3.8, 4) is 5.75 Å². The van der Waals surface area contributed by atoms with E-state index in [1.54, 1.807) is 18.2 Å². The maximum atomic E-state index is 12.1. The number of para-hydroxylation sites is 2. The summed E-state index contributed by atoms with van der Waals surface area (Å²) in [5.41, 5.74) is 7.61. The van der Waals surface area contributed by atoms with Gasteiger partial charge in [-0.15, -0.1) is 0 Å². The van der Waals surface area contributed by atoms with E-state index in [1.165, 1.54) is 0 Å². The minimum atomic E-state index is -0.837. The molecule has 0 unspecified atom stereocenters. The third-order valence-electron chi connectivity index (χ3n) is 3.52. The van der Waals surface area contributed by atoms with Crippen molar-refractivity contribution in [1.82, 2.24) is 15.3 Å². The molecule has 0 bridgehead atoms. The number of fused-ring (bicyclic) bond motifs is 1. The van der Waals surface area contributed by atoms with Crippen molar-refractivity contribution in [2.45, 2.75) is 12.6 Å². The molecule has 6 nitrogen and oxygen atoms in total. The number of halogens is 2. The Morgan fingerprint density at radius 2 is 2.08 bits per heavy atom. The van der Waals surface area contributed by atoms with Crippen molar-refractivity contribution >= 4 is 40.1 Å². The van der Waals surface area contributed by atoms with E-state index >= 15 is 0 Å². The lowest BCUT2D eigenvalue weighted by molar-refractivity contribution is -0.123. The Bertz CT molecular complexity index is 864. The summed E-state index contributed by atoms with van der Waals surface area (Å²) >= 11 is 11.8. The van der Waals surface area contributed by atoms with E-state index in [0.717, 1.165) is 11.0 Å². The Morgan fingerprint density at radius 1 is 1.28 bits per heavy atom. The number of aromatic nitrogens is 2. The van der Waals surface area contributed by atoms with Gasteiger partial charge in [0.1, 0.15) is 24.2 Å². The third-order valence-corrected chi connectivity index (χ3v) is 4.05. The summed E-state index contributed by atoms with van der Waals surface area (Å²) < 4.78 is 5.47. The van der Waals surface area contributed by atoms with Gasteiger partial charge >= 0.3 is 0 Å². The van der Waals surface area contributed by atoms with Crippen LogP contribution in [0.5, 0.6) is 5.75 Å². The molecule has 3 rings (SSSR count). The summed E-state index contributed by atoms with van der Waals surface area (Å²) in [4.78, 5) is 19.6. The van der Waals surface area contributed by atoms with Crippen LogP contribution in [0.1, 0.15) is 5.82 Å². The maximum Gasteiger partial charge on any atom is 0.240 e. The lowest BCUT2D eigenvalue weighted by atomic mass is 10.3. The van der Waals surface area contributed by atoms with Crippen LogP contribution in [0.4, 0.5) is 0 Å². The largest absolute Gasteiger partial charge is 0.490 e. The number of carbonyl (C=O) groups excluding carboxylic acids is 1. The molecule has 0 saturated carbocycles. The molecule has 1 aromatic heterocycles. The molecule has 130 valence electrons. The predicted molar refractivity (Wildman–Crippen MR) is 97.9 cm³/mol. The number of nitrogens with two attached hydrogens (primary N) is 1. The van der Waals surface area contributed by atoms with Crippen LogP contribution in [0, 0.1) is 0 Å². The number of carbonyl (C=O) groups is 1. The fourth-order valence-corrected chi connectivity index (χ4v) is 2.70. The summed E-state index contributed by atoms with van der Waals surface area (Å²) in [6.07, 6.45) is 0. The molecule has 1 heterocycles. The van der Waals surface area contributed by atoms with Crippen LogP contribution >= 0.6 is 23.2 Å². The Morgan fingerprint density at radius 3 is 2.84 bits per heavy atom. The van der Waals surface area contributed by atoms with Crippen molar-refractivity contribution in [2.75, 3.05) is 6.61 Å². The fraction of sp³-hybridized carbons (Fsp3) is 0.176. The van der Waals surface area contributed by atoms with Gasteiger partial charge in [-0.25, -0.2) is 4.98 Å². The Balaban J connectivity index is 1.52. The lowest BCUT2D eigenvalue weighted by Gasteiger charge is -2.14. The summed E-state index contributed by atoms with van der Waals surface area (Å²) in [5.74, 6) is 0.737. The molecule has 8 heteroatoms. The highest BCUT2D eigenvalue weighted by molar-refractivity contribution is 6.35. The van der Waals surface area contributed by atoms with Crippen LogP contribution in [-0.2, 0) is 11.3 Å². The molecular weight excluding hydrogens is 363 g/mol. The number of imidazole rings is 1. The van der Waals surface area contributed by atoms with E-state index in [4.69, 9.17) is 33.7 Å². The van der Waals surface area contributed by atoms with Gasteiger partial charge in [-0.3, -0.25) is 4.79 Å². The number of H-pyrrole nitrogens is 1. The molecule has 4 N–H and O–H groups in total. The second-order valence-corrected chi connectivity index (χ2v) is 6.25. The summed E-state index contributed by atoms with van der Waals surface area (Å²) in [6, 6.07) is 11.6. The van der Waals surface area contributed by atoms with E-state index in [2.05, 4.69) is 15.3 Å². The number of hydrogen-bond donors (Lipinski definition) is 3. The van der Waals surface area contributed by atoms with Crippen LogP contribution in [0.25, 0.3) is 11.0 Å². The van der Waals surface area contributed by atoms with Crippen LogP contribution in [-0.4, -0.2) is 28.5 Å². The van der Waals surface area contributed by atoms with Gasteiger partial charge in [0.25, 0.3) is 0 Å². The number of nitrogens with one attached hydrogen (secondary N) is 2. The molecule has 1 atom stereocenters. The minimum Gasteiger partial charge on any atom is -0.490 e. The van der Waals surface area contributed by atoms with E-state index in [1.807, 2.05) is 24.3 Å². The quantitative estimate of drug-likeness (QED) is 0.614. The van der Waals surface area contributed by atoms with Gasteiger partial charge in [-0.2, -0.15) is 0 Å². The highest BCUT2D eigenvalue weighted by Gasteiger charge is 2.15. The molecule has 0 aliphatic heterocycles. The highest BCUT2D eigenvalue weighted by atomic mass is 35.5. The zero-order chi connectivity index (χ0) is 17.8. The number of hydrogen-bond acceptors (Lipinski definition) is 4. The smallest absolute Gasteiger partial charge is 0.240 e. The first-order chi connectivity index (χ1) is 12.0. The summed E-state index contributed by atoms with van der Waals surface area (Å²) in [6.45, 7) is 0.246. The van der Waals surface area contributed by atoms with Gasteiger partial charge in [0, 0.05) is 5.02 Å². The van der Waals surface area contributed by atoms with Crippen LogP contribution in [0.3, 0.4) is 0 Å². The van der Waals surface area contributed by atoms with Gasteiger partial charge in [0.05, 0.1) is 22.6 Å². The maximum absolute atomic E-state index is 12.1. The van der Waals surface area contributed by atoms with E-state index in [0.29, 0.717) is 21.6 Å². The van der Waals surface area contributed by atoms with Gasteiger partial charge in [0.2, 0.25) is 5.91 Å². The topological polar surface area (TPSA) is 93.0 Å². The molecule has 0 radical (unpaired) electrons. The van der Waals surface area contributed by atoms with E-state index in [-0.39, 0.29) is 19.1 Å². The van der Waals surface area contributed by atoms with E-state index in [9.17, 15) is 4.79 Å². The standard InChI is InChI=1S/C17H16Cl2N4O2/c18-10-5-6-15(11(19)7-10)25-9-12(20)17(24)21-8-16-22-13-3-1-2-4-14(13)23-16/h1-7,12H,8-9,20H2,(H,21,24)(H,22,23)/t12-/m0/s1. The van der Waals surface area contributed by atoms with Crippen LogP contribution in [0.15, 0.2) is 42.5 Å². The first-order valence-electron chi connectivity index (χ1n) is 7.57. The number of rotatable bonds is 6. The average Bonchev–Trinajstić information content (AvgIpc) is 3.01. The molecule has 0 aliphatic rings. The van der Waals surface area contributed by atoms with Crippen molar-refractivity contribution < 1.29 is 9.53 Å². The Hall–Kier alpha value is -2.28. The van der Waals surface area contributed by atoms with Gasteiger partial charge in [-0.1, -0.05) is 35.3 Å².